The maximum atomic E-state index is 13.2. The first-order valence-electron chi connectivity index (χ1n) is 13.2. The van der Waals surface area contributed by atoms with E-state index in [0.717, 1.165) is 10.5 Å². The van der Waals surface area contributed by atoms with Crippen LogP contribution in [0.4, 0.5) is 4.79 Å². The lowest BCUT2D eigenvalue weighted by molar-refractivity contribution is 0.0282. The van der Waals surface area contributed by atoms with Gasteiger partial charge in [0.2, 0.25) is 0 Å². The van der Waals surface area contributed by atoms with E-state index in [4.69, 9.17) is 13.9 Å². The molecule has 8 heteroatoms. The second-order valence-electron chi connectivity index (χ2n) is 11.4. The smallest absolute Gasteiger partial charge is 0.417 e. The first-order valence-corrected chi connectivity index (χ1v) is 15.1. The molecule has 0 spiro atoms. The summed E-state index contributed by atoms with van der Waals surface area (Å²) in [5.74, 6) is -0.311. The zero-order valence-corrected chi connectivity index (χ0v) is 25.3. The van der Waals surface area contributed by atoms with E-state index in [2.05, 4.69) is 50.0 Å². The van der Waals surface area contributed by atoms with Crippen LogP contribution in [0.5, 0.6) is 5.75 Å². The van der Waals surface area contributed by atoms with Gasteiger partial charge in [0, 0.05) is 13.2 Å². The summed E-state index contributed by atoms with van der Waals surface area (Å²) < 4.78 is 18.1. The number of pyridine rings is 1. The van der Waals surface area contributed by atoms with Crippen molar-refractivity contribution in [1.29, 1.82) is 0 Å². The van der Waals surface area contributed by atoms with Gasteiger partial charge in [-0.15, -0.1) is 0 Å². The van der Waals surface area contributed by atoms with E-state index in [1.165, 1.54) is 17.4 Å². The number of aromatic nitrogens is 1. The summed E-state index contributed by atoms with van der Waals surface area (Å²) >= 11 is 0. The normalized spacial score (nSPS) is 12.1. The lowest BCUT2D eigenvalue weighted by Gasteiger charge is -2.43. The molecular weight excluding hydrogens is 508 g/mol. The number of hydrogen-bond acceptors (Lipinski definition) is 6. The van der Waals surface area contributed by atoms with Crippen molar-refractivity contribution in [2.45, 2.75) is 65.7 Å². The summed E-state index contributed by atoms with van der Waals surface area (Å²) in [6.07, 6.45) is 0.854. The van der Waals surface area contributed by atoms with Crippen LogP contribution in [0.2, 0.25) is 5.04 Å². The molecular formula is C31H40N2O5Si. The quantitative estimate of drug-likeness (QED) is 0.343. The number of benzene rings is 2. The third kappa shape index (κ3) is 6.94. The Morgan fingerprint density at radius 1 is 0.897 bits per heavy atom. The van der Waals surface area contributed by atoms with Gasteiger partial charge < -0.3 is 13.9 Å². The number of carbonyl (C=O) groups is 2. The number of ether oxygens (including phenoxy) is 2. The SMILES string of the molecule is CCOc1cc(CO[Si](c2ccccc2)(c2ccccc2)C(C)(C)C)cnc1C(=O)N(C)C(=O)OC(C)(C)C. The summed E-state index contributed by atoms with van der Waals surface area (Å²) in [5.41, 5.74) is 0.0755. The second-order valence-corrected chi connectivity index (χ2v) is 15.7. The molecule has 0 atom stereocenters. The van der Waals surface area contributed by atoms with Gasteiger partial charge in [-0.3, -0.25) is 4.79 Å². The molecule has 0 aliphatic rings. The minimum Gasteiger partial charge on any atom is -0.491 e. The zero-order chi connectivity index (χ0) is 28.8. The predicted molar refractivity (Wildman–Crippen MR) is 156 cm³/mol. The molecule has 2 amide bonds. The molecule has 0 aliphatic heterocycles. The Hall–Kier alpha value is -3.49. The number of nitrogens with zero attached hydrogens (tertiary/aromatic N) is 2. The molecule has 1 aromatic heterocycles. The highest BCUT2D eigenvalue weighted by atomic mass is 28.4. The summed E-state index contributed by atoms with van der Waals surface area (Å²) in [5, 5.41) is 2.16. The van der Waals surface area contributed by atoms with E-state index in [9.17, 15) is 9.59 Å². The molecule has 0 saturated heterocycles. The lowest BCUT2D eigenvalue weighted by Crippen LogP contribution is -2.66. The lowest BCUT2D eigenvalue weighted by atomic mass is 10.2. The first-order chi connectivity index (χ1) is 18.3. The molecule has 2 aromatic carbocycles. The van der Waals surface area contributed by atoms with Gasteiger partial charge in [0.25, 0.3) is 14.2 Å². The maximum Gasteiger partial charge on any atom is 0.417 e. The first kappa shape index (κ1) is 30.1. The summed E-state index contributed by atoms with van der Waals surface area (Å²) in [7, 11) is -1.40. The highest BCUT2D eigenvalue weighted by Gasteiger charge is 2.50. The number of imide groups is 1. The monoisotopic (exact) mass is 548 g/mol. The third-order valence-corrected chi connectivity index (χ3v) is 11.2. The topological polar surface area (TPSA) is 78.0 Å². The van der Waals surface area contributed by atoms with Crippen molar-refractivity contribution in [3.05, 3.63) is 84.2 Å². The number of amides is 2. The van der Waals surface area contributed by atoms with E-state index in [1.807, 2.05) is 43.3 Å². The average molecular weight is 549 g/mol. The van der Waals surface area contributed by atoms with Crippen LogP contribution in [0.15, 0.2) is 72.9 Å². The van der Waals surface area contributed by atoms with Crippen LogP contribution in [-0.4, -0.2) is 49.5 Å². The molecule has 0 N–H and O–H groups in total. The average Bonchev–Trinajstić information content (AvgIpc) is 2.88. The van der Waals surface area contributed by atoms with Crippen LogP contribution in [0.1, 0.15) is 64.5 Å². The van der Waals surface area contributed by atoms with Crippen LogP contribution in [-0.2, 0) is 15.8 Å². The van der Waals surface area contributed by atoms with Gasteiger partial charge in [-0.2, -0.15) is 0 Å². The van der Waals surface area contributed by atoms with Crippen molar-refractivity contribution in [2.24, 2.45) is 0 Å². The Labute approximate surface area is 233 Å². The van der Waals surface area contributed by atoms with E-state index < -0.39 is 25.9 Å². The number of hydrogen-bond donors (Lipinski definition) is 0. The second kappa shape index (κ2) is 12.1. The molecule has 1 heterocycles. The molecule has 7 nitrogen and oxygen atoms in total. The fraction of sp³-hybridized carbons (Fsp3) is 0.387. The van der Waals surface area contributed by atoms with Gasteiger partial charge >= 0.3 is 6.09 Å². The molecule has 3 rings (SSSR count). The standard InChI is InChI=1S/C31H40N2O5Si/c1-9-36-26-20-23(21-32-27(26)28(34)33(8)29(35)38-30(2,3)4)22-37-39(31(5,6)7,24-16-12-10-13-17-24)25-18-14-11-15-19-25/h10-21H,9,22H2,1-8H3. The minimum absolute atomic E-state index is 0.0411. The zero-order valence-electron chi connectivity index (χ0n) is 24.3. The van der Waals surface area contributed by atoms with Gasteiger partial charge in [0.15, 0.2) is 11.4 Å². The Bertz CT molecular complexity index is 1230. The summed E-state index contributed by atoms with van der Waals surface area (Å²) in [6.45, 7) is 14.3. The van der Waals surface area contributed by atoms with Gasteiger partial charge in [0.05, 0.1) is 13.2 Å². The van der Waals surface area contributed by atoms with Crippen molar-refractivity contribution in [3.63, 3.8) is 0 Å². The molecule has 0 radical (unpaired) electrons. The summed E-state index contributed by atoms with van der Waals surface area (Å²) in [4.78, 5) is 31.0. The molecule has 208 valence electrons. The van der Waals surface area contributed by atoms with Crippen molar-refractivity contribution >= 4 is 30.7 Å². The Morgan fingerprint density at radius 2 is 1.44 bits per heavy atom. The van der Waals surface area contributed by atoms with Crippen LogP contribution < -0.4 is 15.1 Å². The number of rotatable bonds is 8. The predicted octanol–water partition coefficient (Wildman–Crippen LogP) is 5.56. The van der Waals surface area contributed by atoms with E-state index >= 15 is 0 Å². The largest absolute Gasteiger partial charge is 0.491 e. The molecule has 0 fully saturated rings. The fourth-order valence-electron chi connectivity index (χ4n) is 4.52. The van der Waals surface area contributed by atoms with Gasteiger partial charge in [-0.1, -0.05) is 81.4 Å². The van der Waals surface area contributed by atoms with E-state index in [-0.39, 0.29) is 17.3 Å². The molecule has 0 bridgehead atoms. The Balaban J connectivity index is 1.98. The van der Waals surface area contributed by atoms with Crippen LogP contribution in [0.3, 0.4) is 0 Å². The Kier molecular flexibility index (Phi) is 9.35. The third-order valence-electron chi connectivity index (χ3n) is 6.26. The molecule has 0 aliphatic carbocycles. The van der Waals surface area contributed by atoms with Crippen LogP contribution in [0, 0.1) is 0 Å². The van der Waals surface area contributed by atoms with E-state index in [0.29, 0.717) is 12.4 Å². The fourth-order valence-corrected chi connectivity index (χ4v) is 9.05. The highest BCUT2D eigenvalue weighted by Crippen LogP contribution is 2.37. The molecule has 0 saturated carbocycles. The van der Waals surface area contributed by atoms with Crippen LogP contribution >= 0.6 is 0 Å². The van der Waals surface area contributed by atoms with Crippen molar-refractivity contribution in [2.75, 3.05) is 13.7 Å². The van der Waals surface area contributed by atoms with Gasteiger partial charge in [-0.05, 0) is 54.7 Å². The minimum atomic E-state index is -2.76. The van der Waals surface area contributed by atoms with E-state index in [1.54, 1.807) is 33.0 Å². The van der Waals surface area contributed by atoms with Gasteiger partial charge in [0.1, 0.15) is 5.60 Å². The van der Waals surface area contributed by atoms with Crippen molar-refractivity contribution in [3.8, 4) is 5.75 Å². The maximum absolute atomic E-state index is 13.2. The Morgan fingerprint density at radius 3 is 1.90 bits per heavy atom. The number of carbonyl (C=O) groups excluding carboxylic acids is 2. The highest BCUT2D eigenvalue weighted by molar-refractivity contribution is 6.99. The van der Waals surface area contributed by atoms with Crippen LogP contribution in [0.25, 0.3) is 0 Å². The molecule has 39 heavy (non-hydrogen) atoms. The molecule has 0 unspecified atom stereocenters. The molecule has 3 aromatic rings. The van der Waals surface area contributed by atoms with Crippen molar-refractivity contribution < 1.29 is 23.5 Å². The van der Waals surface area contributed by atoms with Crippen molar-refractivity contribution in [1.82, 2.24) is 9.88 Å². The summed E-state index contributed by atoms with van der Waals surface area (Å²) in [6, 6.07) is 22.5. The van der Waals surface area contributed by atoms with Gasteiger partial charge in [-0.25, -0.2) is 14.7 Å².